The molecule has 0 radical (unpaired) electrons. The zero-order chi connectivity index (χ0) is 12.5. The maximum Gasteiger partial charge on any atom is 0.143 e. The van der Waals surface area contributed by atoms with E-state index < -0.39 is 0 Å². The van der Waals surface area contributed by atoms with Crippen LogP contribution in [0.3, 0.4) is 0 Å². The van der Waals surface area contributed by atoms with Crippen molar-refractivity contribution in [3.8, 4) is 5.75 Å². The molecule has 2 atom stereocenters. The molecule has 1 saturated carbocycles. The Kier molecular flexibility index (Phi) is 3.06. The fraction of sp³-hybridized carbons (Fsp3) is 0.600. The molecule has 1 heterocycles. The molecule has 1 saturated heterocycles. The number of hydrogen-bond donors (Lipinski definition) is 1. The molecule has 1 aliphatic heterocycles. The molecule has 2 unspecified atom stereocenters. The first kappa shape index (κ1) is 11.7. The Balaban J connectivity index is 1.89. The van der Waals surface area contributed by atoms with Crippen molar-refractivity contribution in [2.45, 2.75) is 38.1 Å². The van der Waals surface area contributed by atoms with E-state index in [9.17, 15) is 0 Å². The summed E-state index contributed by atoms with van der Waals surface area (Å²) in [4.78, 5) is 2.57. The molecule has 0 bridgehead atoms. The van der Waals surface area contributed by atoms with Crippen molar-refractivity contribution in [1.29, 1.82) is 0 Å². The van der Waals surface area contributed by atoms with Crippen LogP contribution in [0.1, 0.15) is 32.1 Å². The van der Waals surface area contributed by atoms with Gasteiger partial charge in [-0.1, -0.05) is 6.42 Å². The number of methoxy groups -OCH3 is 1. The Hall–Kier alpha value is -1.38. The molecule has 1 aromatic carbocycles. The average Bonchev–Trinajstić information content (AvgIpc) is 2.87. The van der Waals surface area contributed by atoms with E-state index in [1.165, 1.54) is 44.3 Å². The normalized spacial score (nSPS) is 27.1. The topological polar surface area (TPSA) is 38.5 Å². The predicted octanol–water partition coefficient (Wildman–Crippen LogP) is 3.05. The molecule has 0 aromatic heterocycles. The fourth-order valence-electron chi connectivity index (χ4n) is 3.65. The van der Waals surface area contributed by atoms with E-state index in [0.29, 0.717) is 0 Å². The van der Waals surface area contributed by atoms with Gasteiger partial charge in [0.25, 0.3) is 0 Å². The molecule has 1 aliphatic carbocycles. The van der Waals surface area contributed by atoms with Gasteiger partial charge in [-0.3, -0.25) is 0 Å². The van der Waals surface area contributed by atoms with Gasteiger partial charge in [0.1, 0.15) is 5.75 Å². The highest BCUT2D eigenvalue weighted by Gasteiger charge is 2.35. The van der Waals surface area contributed by atoms with Gasteiger partial charge in [-0.15, -0.1) is 0 Å². The predicted molar refractivity (Wildman–Crippen MR) is 75.1 cm³/mol. The summed E-state index contributed by atoms with van der Waals surface area (Å²) < 4.78 is 5.34. The van der Waals surface area contributed by atoms with Crippen LogP contribution in [0.4, 0.5) is 11.4 Å². The fourth-order valence-corrected chi connectivity index (χ4v) is 3.65. The van der Waals surface area contributed by atoms with Gasteiger partial charge in [0.2, 0.25) is 0 Å². The third-order valence-electron chi connectivity index (χ3n) is 4.54. The third kappa shape index (κ3) is 1.92. The first-order valence-electron chi connectivity index (χ1n) is 7.00. The molecular weight excluding hydrogens is 224 g/mol. The molecule has 2 N–H and O–H groups in total. The summed E-state index contributed by atoms with van der Waals surface area (Å²) in [6, 6.07) is 6.94. The van der Waals surface area contributed by atoms with Crippen LogP contribution in [0.15, 0.2) is 18.2 Å². The van der Waals surface area contributed by atoms with Gasteiger partial charge in [-0.25, -0.2) is 0 Å². The Morgan fingerprint density at radius 3 is 2.89 bits per heavy atom. The second-order valence-electron chi connectivity index (χ2n) is 5.52. The summed E-state index contributed by atoms with van der Waals surface area (Å²) in [6.07, 6.45) is 6.86. The number of rotatable bonds is 2. The van der Waals surface area contributed by atoms with E-state index in [4.69, 9.17) is 10.5 Å². The average molecular weight is 246 g/mol. The summed E-state index contributed by atoms with van der Waals surface area (Å²) in [5.41, 5.74) is 7.89. The monoisotopic (exact) mass is 246 g/mol. The number of hydrogen-bond acceptors (Lipinski definition) is 3. The van der Waals surface area contributed by atoms with E-state index in [0.717, 1.165) is 23.4 Å². The summed E-state index contributed by atoms with van der Waals surface area (Å²) in [5.74, 6) is 1.70. The molecule has 3 rings (SSSR count). The van der Waals surface area contributed by atoms with E-state index in [1.54, 1.807) is 7.11 Å². The number of nitrogens with two attached hydrogens (primary N) is 1. The maximum absolute atomic E-state index is 5.89. The largest absolute Gasteiger partial charge is 0.495 e. The van der Waals surface area contributed by atoms with Crippen molar-refractivity contribution >= 4 is 11.4 Å². The van der Waals surface area contributed by atoms with Crippen LogP contribution in [0.2, 0.25) is 0 Å². The first-order chi connectivity index (χ1) is 8.79. The molecular formula is C15H22N2O. The first-order valence-corrected chi connectivity index (χ1v) is 7.00. The SMILES string of the molecule is COc1cc(N2CCCC3CCCC32)ccc1N. The smallest absolute Gasteiger partial charge is 0.143 e. The van der Waals surface area contributed by atoms with Gasteiger partial charge in [0.15, 0.2) is 0 Å². The minimum absolute atomic E-state index is 0.723. The number of piperidine rings is 1. The van der Waals surface area contributed by atoms with E-state index in [2.05, 4.69) is 17.0 Å². The second kappa shape index (κ2) is 4.71. The molecule has 0 amide bonds. The van der Waals surface area contributed by atoms with Gasteiger partial charge in [-0.05, 0) is 43.7 Å². The molecule has 0 spiro atoms. The lowest BCUT2D eigenvalue weighted by Gasteiger charge is -2.39. The van der Waals surface area contributed by atoms with Crippen molar-refractivity contribution in [2.75, 3.05) is 24.3 Å². The van der Waals surface area contributed by atoms with Crippen LogP contribution in [0.25, 0.3) is 0 Å². The highest BCUT2D eigenvalue weighted by Crippen LogP contribution is 2.40. The van der Waals surface area contributed by atoms with Crippen molar-refractivity contribution in [3.05, 3.63) is 18.2 Å². The Morgan fingerprint density at radius 1 is 1.22 bits per heavy atom. The van der Waals surface area contributed by atoms with Gasteiger partial charge in [0, 0.05) is 24.3 Å². The minimum atomic E-state index is 0.723. The van der Waals surface area contributed by atoms with Crippen LogP contribution < -0.4 is 15.4 Å². The van der Waals surface area contributed by atoms with Gasteiger partial charge in [0.05, 0.1) is 12.8 Å². The summed E-state index contributed by atoms with van der Waals surface area (Å²) in [7, 11) is 1.68. The summed E-state index contributed by atoms with van der Waals surface area (Å²) >= 11 is 0. The number of ether oxygens (including phenoxy) is 1. The van der Waals surface area contributed by atoms with Crippen molar-refractivity contribution in [3.63, 3.8) is 0 Å². The lowest BCUT2D eigenvalue weighted by Crippen LogP contribution is -2.42. The Bertz CT molecular complexity index is 433. The van der Waals surface area contributed by atoms with Gasteiger partial charge < -0.3 is 15.4 Å². The standard InChI is InChI=1S/C15H22N2O/c1-18-15-10-12(7-8-13(15)16)17-9-3-5-11-4-2-6-14(11)17/h7-8,10-11,14H,2-6,9,16H2,1H3. The number of fused-ring (bicyclic) bond motifs is 1. The van der Waals surface area contributed by atoms with Gasteiger partial charge >= 0.3 is 0 Å². The summed E-state index contributed by atoms with van der Waals surface area (Å²) in [6.45, 7) is 1.17. The van der Waals surface area contributed by atoms with Crippen LogP contribution in [0, 0.1) is 5.92 Å². The quantitative estimate of drug-likeness (QED) is 0.815. The number of nitrogens with zero attached hydrogens (tertiary/aromatic N) is 1. The van der Waals surface area contributed by atoms with E-state index >= 15 is 0 Å². The molecule has 2 fully saturated rings. The number of nitrogen functional groups attached to an aromatic ring is 1. The van der Waals surface area contributed by atoms with E-state index in [1.807, 2.05) is 6.07 Å². The van der Waals surface area contributed by atoms with Crippen LogP contribution in [-0.4, -0.2) is 19.7 Å². The molecule has 98 valence electrons. The van der Waals surface area contributed by atoms with Crippen molar-refractivity contribution < 1.29 is 4.74 Å². The molecule has 3 nitrogen and oxygen atoms in total. The maximum atomic E-state index is 5.89. The second-order valence-corrected chi connectivity index (χ2v) is 5.52. The van der Waals surface area contributed by atoms with Crippen molar-refractivity contribution in [1.82, 2.24) is 0 Å². The van der Waals surface area contributed by atoms with Crippen LogP contribution in [-0.2, 0) is 0 Å². The van der Waals surface area contributed by atoms with Crippen LogP contribution in [0.5, 0.6) is 5.75 Å². The Labute approximate surface area is 109 Å². The number of anilines is 2. The Morgan fingerprint density at radius 2 is 2.06 bits per heavy atom. The van der Waals surface area contributed by atoms with E-state index in [-0.39, 0.29) is 0 Å². The lowest BCUT2D eigenvalue weighted by atomic mass is 9.91. The molecule has 1 aromatic rings. The third-order valence-corrected chi connectivity index (χ3v) is 4.54. The lowest BCUT2D eigenvalue weighted by molar-refractivity contribution is 0.361. The molecule has 2 aliphatic rings. The highest BCUT2D eigenvalue weighted by atomic mass is 16.5. The van der Waals surface area contributed by atoms with Gasteiger partial charge in [-0.2, -0.15) is 0 Å². The zero-order valence-electron chi connectivity index (χ0n) is 11.1. The zero-order valence-corrected chi connectivity index (χ0v) is 11.1. The summed E-state index contributed by atoms with van der Waals surface area (Å²) in [5, 5.41) is 0. The van der Waals surface area contributed by atoms with Crippen LogP contribution >= 0.6 is 0 Å². The molecule has 18 heavy (non-hydrogen) atoms. The number of benzene rings is 1. The minimum Gasteiger partial charge on any atom is -0.495 e. The molecule has 3 heteroatoms. The van der Waals surface area contributed by atoms with Crippen molar-refractivity contribution in [2.24, 2.45) is 5.92 Å². The highest BCUT2D eigenvalue weighted by molar-refractivity contribution is 5.63.